The number of carboxylic acid groups (broad SMARTS) is 1. The van der Waals surface area contributed by atoms with Crippen molar-refractivity contribution in [2.75, 3.05) is 11.9 Å². The van der Waals surface area contributed by atoms with E-state index in [2.05, 4.69) is 17.2 Å². The summed E-state index contributed by atoms with van der Waals surface area (Å²) in [5.74, 6) is -0.996. The van der Waals surface area contributed by atoms with Gasteiger partial charge in [0.15, 0.2) is 5.69 Å². The van der Waals surface area contributed by atoms with Crippen LogP contribution in [0.15, 0.2) is 18.3 Å². The fraction of sp³-hybridized carbons (Fsp3) is 0.400. The van der Waals surface area contributed by atoms with E-state index < -0.39 is 5.97 Å². The molecular weight excluding hydrogens is 180 g/mol. The maximum atomic E-state index is 10.8. The first-order valence-corrected chi connectivity index (χ1v) is 4.68. The van der Waals surface area contributed by atoms with Gasteiger partial charge in [-0.2, -0.15) is 0 Å². The quantitative estimate of drug-likeness (QED) is 0.704. The largest absolute Gasteiger partial charge is 0.476 e. The number of hydrogen-bond donors (Lipinski definition) is 2. The predicted molar refractivity (Wildman–Crippen MR) is 54.6 cm³/mol. The highest BCUT2D eigenvalue weighted by Gasteiger charge is 2.09. The minimum absolute atomic E-state index is 0.0867. The van der Waals surface area contributed by atoms with Crippen LogP contribution in [0.4, 0.5) is 5.69 Å². The van der Waals surface area contributed by atoms with E-state index in [9.17, 15) is 4.79 Å². The molecule has 0 saturated heterocycles. The molecule has 0 aliphatic carbocycles. The molecule has 1 heterocycles. The highest BCUT2D eigenvalue weighted by Crippen LogP contribution is 2.11. The van der Waals surface area contributed by atoms with Crippen molar-refractivity contribution in [1.29, 1.82) is 0 Å². The SMILES string of the molecule is CCCCNc1cccnc1C(=O)O. The topological polar surface area (TPSA) is 62.2 Å². The van der Waals surface area contributed by atoms with Crippen molar-refractivity contribution < 1.29 is 9.90 Å². The second-order valence-electron chi connectivity index (χ2n) is 2.99. The number of hydrogen-bond acceptors (Lipinski definition) is 3. The van der Waals surface area contributed by atoms with Gasteiger partial charge in [0.1, 0.15) is 0 Å². The van der Waals surface area contributed by atoms with E-state index in [1.54, 1.807) is 12.1 Å². The summed E-state index contributed by atoms with van der Waals surface area (Å²) in [5.41, 5.74) is 0.678. The summed E-state index contributed by atoms with van der Waals surface area (Å²) in [6.07, 6.45) is 3.58. The van der Waals surface area contributed by atoms with Crippen LogP contribution >= 0.6 is 0 Å². The lowest BCUT2D eigenvalue weighted by molar-refractivity contribution is 0.0691. The number of rotatable bonds is 5. The molecule has 2 N–H and O–H groups in total. The van der Waals surface area contributed by atoms with Crippen molar-refractivity contribution in [2.45, 2.75) is 19.8 Å². The van der Waals surface area contributed by atoms with Gasteiger partial charge >= 0.3 is 5.97 Å². The molecule has 4 heteroatoms. The number of nitrogens with one attached hydrogen (secondary N) is 1. The second kappa shape index (κ2) is 5.21. The van der Waals surface area contributed by atoms with Crippen LogP contribution in [0.5, 0.6) is 0 Å². The van der Waals surface area contributed by atoms with E-state index in [-0.39, 0.29) is 5.69 Å². The molecule has 0 aromatic carbocycles. The van der Waals surface area contributed by atoms with Gasteiger partial charge in [-0.15, -0.1) is 0 Å². The Balaban J connectivity index is 2.69. The Labute approximate surface area is 83.0 Å². The van der Waals surface area contributed by atoms with E-state index in [4.69, 9.17) is 5.11 Å². The smallest absolute Gasteiger partial charge is 0.356 e. The number of unbranched alkanes of at least 4 members (excludes halogenated alkanes) is 1. The van der Waals surface area contributed by atoms with E-state index >= 15 is 0 Å². The van der Waals surface area contributed by atoms with Gasteiger partial charge in [0.05, 0.1) is 5.69 Å². The van der Waals surface area contributed by atoms with Gasteiger partial charge in [0.25, 0.3) is 0 Å². The zero-order valence-electron chi connectivity index (χ0n) is 8.16. The third kappa shape index (κ3) is 2.73. The van der Waals surface area contributed by atoms with Crippen LogP contribution in [0.25, 0.3) is 0 Å². The normalized spacial score (nSPS) is 9.79. The molecule has 0 atom stereocenters. The maximum Gasteiger partial charge on any atom is 0.356 e. The third-order valence-electron chi connectivity index (χ3n) is 1.86. The Morgan fingerprint density at radius 3 is 3.07 bits per heavy atom. The van der Waals surface area contributed by atoms with Crippen molar-refractivity contribution in [3.63, 3.8) is 0 Å². The van der Waals surface area contributed by atoms with Crippen molar-refractivity contribution >= 4 is 11.7 Å². The monoisotopic (exact) mass is 194 g/mol. The molecule has 4 nitrogen and oxygen atoms in total. The molecule has 76 valence electrons. The maximum absolute atomic E-state index is 10.8. The van der Waals surface area contributed by atoms with Gasteiger partial charge in [-0.25, -0.2) is 9.78 Å². The van der Waals surface area contributed by atoms with Gasteiger partial charge in [-0.1, -0.05) is 13.3 Å². The second-order valence-corrected chi connectivity index (χ2v) is 2.99. The van der Waals surface area contributed by atoms with Crippen molar-refractivity contribution in [2.24, 2.45) is 0 Å². The van der Waals surface area contributed by atoms with Crippen molar-refractivity contribution in [3.05, 3.63) is 24.0 Å². The molecule has 0 aliphatic rings. The number of aromatic carboxylic acids is 1. The molecule has 0 aliphatic heterocycles. The predicted octanol–water partition coefficient (Wildman–Crippen LogP) is 1.99. The summed E-state index contributed by atoms with van der Waals surface area (Å²) < 4.78 is 0. The highest BCUT2D eigenvalue weighted by atomic mass is 16.4. The molecule has 0 fully saturated rings. The first-order chi connectivity index (χ1) is 6.75. The Morgan fingerprint density at radius 2 is 2.43 bits per heavy atom. The summed E-state index contributed by atoms with van der Waals surface area (Å²) in [4.78, 5) is 14.5. The molecule has 1 aromatic heterocycles. The number of carboxylic acids is 1. The van der Waals surface area contributed by atoms with Gasteiger partial charge in [0.2, 0.25) is 0 Å². The Kier molecular flexibility index (Phi) is 3.91. The van der Waals surface area contributed by atoms with Crippen LogP contribution in [-0.4, -0.2) is 22.6 Å². The fourth-order valence-electron chi connectivity index (χ4n) is 1.12. The number of anilines is 1. The first-order valence-electron chi connectivity index (χ1n) is 4.68. The molecular formula is C10H14N2O2. The standard InChI is InChI=1S/C10H14N2O2/c1-2-3-6-11-8-5-4-7-12-9(8)10(13)14/h4-5,7,11H,2-3,6H2,1H3,(H,13,14). The van der Waals surface area contributed by atoms with Crippen molar-refractivity contribution in [3.8, 4) is 0 Å². The van der Waals surface area contributed by atoms with E-state index in [1.807, 2.05) is 0 Å². The molecule has 1 rings (SSSR count). The Morgan fingerprint density at radius 1 is 1.64 bits per heavy atom. The van der Waals surface area contributed by atoms with Gasteiger partial charge in [0, 0.05) is 12.7 Å². The fourth-order valence-corrected chi connectivity index (χ4v) is 1.12. The summed E-state index contributed by atoms with van der Waals surface area (Å²) in [7, 11) is 0. The lowest BCUT2D eigenvalue weighted by atomic mass is 10.2. The van der Waals surface area contributed by atoms with Crippen molar-refractivity contribution in [1.82, 2.24) is 4.98 Å². The molecule has 0 saturated carbocycles. The lowest BCUT2D eigenvalue weighted by Gasteiger charge is -2.07. The van der Waals surface area contributed by atoms with Crippen LogP contribution in [0.2, 0.25) is 0 Å². The van der Waals surface area contributed by atoms with E-state index in [0.29, 0.717) is 5.69 Å². The Bertz CT molecular complexity index is 313. The van der Waals surface area contributed by atoms with Crippen LogP contribution < -0.4 is 5.32 Å². The molecule has 0 amide bonds. The van der Waals surface area contributed by atoms with E-state index in [0.717, 1.165) is 19.4 Å². The van der Waals surface area contributed by atoms with Crippen LogP contribution in [0.3, 0.4) is 0 Å². The first kappa shape index (κ1) is 10.5. The number of aromatic nitrogens is 1. The van der Waals surface area contributed by atoms with Gasteiger partial charge in [-0.05, 0) is 18.6 Å². The van der Waals surface area contributed by atoms with Crippen LogP contribution in [0, 0.1) is 0 Å². The summed E-state index contributed by atoms with van der Waals surface area (Å²) in [6, 6.07) is 3.45. The average molecular weight is 194 g/mol. The van der Waals surface area contributed by atoms with E-state index in [1.165, 1.54) is 6.20 Å². The summed E-state index contributed by atoms with van der Waals surface area (Å²) in [6.45, 7) is 2.87. The van der Waals surface area contributed by atoms with Crippen LogP contribution in [-0.2, 0) is 0 Å². The minimum atomic E-state index is -0.996. The number of pyridine rings is 1. The zero-order chi connectivity index (χ0) is 10.4. The molecule has 1 aromatic rings. The number of nitrogens with zero attached hydrogens (tertiary/aromatic N) is 1. The van der Waals surface area contributed by atoms with Gasteiger partial charge < -0.3 is 10.4 Å². The Hall–Kier alpha value is -1.58. The average Bonchev–Trinajstić information content (AvgIpc) is 2.19. The molecule has 14 heavy (non-hydrogen) atoms. The van der Waals surface area contributed by atoms with Gasteiger partial charge in [-0.3, -0.25) is 0 Å². The summed E-state index contributed by atoms with van der Waals surface area (Å²) in [5, 5.41) is 11.9. The number of carbonyl (C=O) groups is 1. The lowest BCUT2D eigenvalue weighted by Crippen LogP contribution is -2.09. The molecule has 0 radical (unpaired) electrons. The molecule has 0 bridgehead atoms. The van der Waals surface area contributed by atoms with Crippen LogP contribution in [0.1, 0.15) is 30.3 Å². The minimum Gasteiger partial charge on any atom is -0.476 e. The third-order valence-corrected chi connectivity index (χ3v) is 1.86. The molecule has 0 spiro atoms. The summed E-state index contributed by atoms with van der Waals surface area (Å²) >= 11 is 0. The highest BCUT2D eigenvalue weighted by molar-refractivity contribution is 5.91. The molecule has 0 unspecified atom stereocenters. The zero-order valence-corrected chi connectivity index (χ0v) is 8.16.